The summed E-state index contributed by atoms with van der Waals surface area (Å²) in [5, 5.41) is 3.15. The minimum atomic E-state index is -0.0640. The zero-order chi connectivity index (χ0) is 18.4. The number of carbonyl (C=O) groups is 1. The van der Waals surface area contributed by atoms with Crippen LogP contribution in [0.5, 0.6) is 0 Å². The van der Waals surface area contributed by atoms with Crippen molar-refractivity contribution >= 4 is 5.91 Å². The number of carbonyl (C=O) groups excluding carboxylic acids is 1. The molecule has 144 valence electrons. The first-order valence-electron chi connectivity index (χ1n) is 10.4. The molecule has 0 bridgehead atoms. The van der Waals surface area contributed by atoms with Crippen LogP contribution in [0.3, 0.4) is 0 Å². The number of rotatable bonds is 7. The fraction of sp³-hybridized carbons (Fsp3) is 0.682. The van der Waals surface area contributed by atoms with Crippen molar-refractivity contribution in [2.45, 2.75) is 77.0 Å². The highest BCUT2D eigenvalue weighted by atomic mass is 16.2. The van der Waals surface area contributed by atoms with Crippen molar-refractivity contribution in [1.29, 1.82) is 0 Å². The highest BCUT2D eigenvalue weighted by Gasteiger charge is 2.25. The zero-order valence-corrected chi connectivity index (χ0v) is 16.5. The standard InChI is InChI=1S/C22H35N3O/c1-18(24(2)21-11-4-3-5-12-21)22(26)23-16-19-9-8-10-20(15-19)17-25-13-6-7-14-25/h8-10,15,18,21H,3-7,11-14,16-17H2,1-2H3,(H,23,26)/t18-/m1/s1. The predicted octanol–water partition coefficient (Wildman–Crippen LogP) is 3.55. The molecule has 1 N–H and O–H groups in total. The number of hydrogen-bond acceptors (Lipinski definition) is 3. The first-order chi connectivity index (χ1) is 12.6. The van der Waals surface area contributed by atoms with Crippen LogP contribution in [0.1, 0.15) is 63.0 Å². The third-order valence-corrected chi connectivity index (χ3v) is 6.20. The summed E-state index contributed by atoms with van der Waals surface area (Å²) >= 11 is 0. The molecule has 3 rings (SSSR count). The topological polar surface area (TPSA) is 35.6 Å². The molecule has 4 heteroatoms. The SMILES string of the molecule is C[C@H](C(=O)NCc1cccc(CN2CCCC2)c1)N(C)C1CCCCC1. The van der Waals surface area contributed by atoms with Gasteiger partial charge in [-0.1, -0.05) is 43.5 Å². The molecule has 1 saturated heterocycles. The Morgan fingerprint density at radius 1 is 1.15 bits per heavy atom. The second kappa shape index (κ2) is 9.52. The average molecular weight is 358 g/mol. The lowest BCUT2D eigenvalue weighted by atomic mass is 9.93. The van der Waals surface area contributed by atoms with Crippen LogP contribution < -0.4 is 5.32 Å². The van der Waals surface area contributed by atoms with Gasteiger partial charge in [0, 0.05) is 19.1 Å². The lowest BCUT2D eigenvalue weighted by molar-refractivity contribution is -0.126. The molecule has 0 aromatic heterocycles. The smallest absolute Gasteiger partial charge is 0.237 e. The third-order valence-electron chi connectivity index (χ3n) is 6.20. The van der Waals surface area contributed by atoms with Crippen molar-refractivity contribution in [1.82, 2.24) is 15.1 Å². The monoisotopic (exact) mass is 357 g/mol. The van der Waals surface area contributed by atoms with Gasteiger partial charge in [0.2, 0.25) is 5.91 Å². The summed E-state index contributed by atoms with van der Waals surface area (Å²) in [5.74, 6) is 0.142. The second-order valence-electron chi connectivity index (χ2n) is 8.15. The quantitative estimate of drug-likeness (QED) is 0.810. The number of likely N-dealkylation sites (N-methyl/N-ethyl adjacent to an activating group) is 1. The summed E-state index contributed by atoms with van der Waals surface area (Å²) in [4.78, 5) is 17.4. The molecular formula is C22H35N3O. The summed E-state index contributed by atoms with van der Waals surface area (Å²) in [6.07, 6.45) is 9.04. The average Bonchev–Trinajstić information content (AvgIpc) is 3.19. The van der Waals surface area contributed by atoms with E-state index in [4.69, 9.17) is 0 Å². The van der Waals surface area contributed by atoms with Crippen molar-refractivity contribution in [3.05, 3.63) is 35.4 Å². The van der Waals surface area contributed by atoms with E-state index in [1.165, 1.54) is 69.2 Å². The van der Waals surface area contributed by atoms with Gasteiger partial charge >= 0.3 is 0 Å². The highest BCUT2D eigenvalue weighted by Crippen LogP contribution is 2.23. The van der Waals surface area contributed by atoms with Gasteiger partial charge in [0.25, 0.3) is 0 Å². The Morgan fingerprint density at radius 2 is 1.85 bits per heavy atom. The van der Waals surface area contributed by atoms with E-state index in [0.29, 0.717) is 12.6 Å². The van der Waals surface area contributed by atoms with Crippen molar-refractivity contribution < 1.29 is 4.79 Å². The Morgan fingerprint density at radius 3 is 2.58 bits per heavy atom. The fourth-order valence-corrected chi connectivity index (χ4v) is 4.36. The van der Waals surface area contributed by atoms with Crippen molar-refractivity contribution in [2.24, 2.45) is 0 Å². The van der Waals surface area contributed by atoms with Crippen molar-refractivity contribution in [2.75, 3.05) is 20.1 Å². The van der Waals surface area contributed by atoms with Crippen LogP contribution in [-0.4, -0.2) is 47.9 Å². The summed E-state index contributed by atoms with van der Waals surface area (Å²) in [6.45, 7) is 6.11. The molecule has 1 aliphatic carbocycles. The molecule has 1 aliphatic heterocycles. The molecule has 1 saturated carbocycles. The molecule has 1 heterocycles. The molecule has 0 radical (unpaired) electrons. The third kappa shape index (κ3) is 5.31. The lowest BCUT2D eigenvalue weighted by Gasteiger charge is -2.34. The molecule has 2 aliphatic rings. The Labute approximate surface area is 158 Å². The minimum Gasteiger partial charge on any atom is -0.351 e. The Bertz CT molecular complexity index is 577. The second-order valence-corrected chi connectivity index (χ2v) is 8.15. The number of likely N-dealkylation sites (tertiary alicyclic amines) is 1. The number of benzene rings is 1. The first-order valence-corrected chi connectivity index (χ1v) is 10.4. The first kappa shape index (κ1) is 19.4. The largest absolute Gasteiger partial charge is 0.351 e. The maximum atomic E-state index is 12.6. The van der Waals surface area contributed by atoms with Gasteiger partial charge < -0.3 is 5.32 Å². The minimum absolute atomic E-state index is 0.0640. The zero-order valence-electron chi connectivity index (χ0n) is 16.5. The van der Waals surface area contributed by atoms with E-state index in [2.05, 4.69) is 46.4 Å². The molecule has 26 heavy (non-hydrogen) atoms. The van der Waals surface area contributed by atoms with Crippen molar-refractivity contribution in [3.63, 3.8) is 0 Å². The maximum Gasteiger partial charge on any atom is 0.237 e. The molecular weight excluding hydrogens is 322 g/mol. The number of nitrogens with one attached hydrogen (secondary N) is 1. The summed E-state index contributed by atoms with van der Waals surface area (Å²) in [5.41, 5.74) is 2.55. The predicted molar refractivity (Wildman–Crippen MR) is 107 cm³/mol. The molecule has 2 fully saturated rings. The van der Waals surface area contributed by atoms with E-state index in [0.717, 1.165) is 6.54 Å². The van der Waals surface area contributed by atoms with Crippen LogP contribution >= 0.6 is 0 Å². The van der Waals surface area contributed by atoms with Crippen LogP contribution in [0.4, 0.5) is 0 Å². The van der Waals surface area contributed by atoms with E-state index in [-0.39, 0.29) is 11.9 Å². The summed E-state index contributed by atoms with van der Waals surface area (Å²) < 4.78 is 0. The molecule has 1 aromatic rings. The van der Waals surface area contributed by atoms with Gasteiger partial charge in [-0.05, 0) is 63.9 Å². The lowest BCUT2D eigenvalue weighted by Crippen LogP contribution is -2.48. The van der Waals surface area contributed by atoms with Gasteiger partial charge in [0.1, 0.15) is 0 Å². The molecule has 1 aromatic carbocycles. The molecule has 0 unspecified atom stereocenters. The van der Waals surface area contributed by atoms with E-state index in [1.54, 1.807) is 0 Å². The van der Waals surface area contributed by atoms with Crippen LogP contribution in [0.2, 0.25) is 0 Å². The van der Waals surface area contributed by atoms with Crippen LogP contribution in [0.25, 0.3) is 0 Å². The molecule has 1 atom stereocenters. The van der Waals surface area contributed by atoms with Crippen LogP contribution in [0, 0.1) is 0 Å². The van der Waals surface area contributed by atoms with Gasteiger partial charge in [0.05, 0.1) is 6.04 Å². The molecule has 1 amide bonds. The van der Waals surface area contributed by atoms with Gasteiger partial charge in [-0.2, -0.15) is 0 Å². The van der Waals surface area contributed by atoms with E-state index < -0.39 is 0 Å². The number of amides is 1. The van der Waals surface area contributed by atoms with E-state index in [9.17, 15) is 4.79 Å². The van der Waals surface area contributed by atoms with E-state index >= 15 is 0 Å². The highest BCUT2D eigenvalue weighted by molar-refractivity contribution is 5.81. The normalized spacial score (nSPS) is 20.4. The van der Waals surface area contributed by atoms with Crippen LogP contribution in [0.15, 0.2) is 24.3 Å². The Balaban J connectivity index is 1.48. The van der Waals surface area contributed by atoms with Gasteiger partial charge in [-0.3, -0.25) is 14.6 Å². The van der Waals surface area contributed by atoms with E-state index in [1.807, 2.05) is 6.92 Å². The number of nitrogens with zero attached hydrogens (tertiary/aromatic N) is 2. The Hall–Kier alpha value is -1.39. The Kier molecular flexibility index (Phi) is 7.09. The molecule has 0 spiro atoms. The van der Waals surface area contributed by atoms with Crippen LogP contribution in [-0.2, 0) is 17.9 Å². The molecule has 4 nitrogen and oxygen atoms in total. The summed E-state index contributed by atoms with van der Waals surface area (Å²) in [6, 6.07) is 9.17. The maximum absolute atomic E-state index is 12.6. The van der Waals surface area contributed by atoms with Gasteiger partial charge in [0.15, 0.2) is 0 Å². The summed E-state index contributed by atoms with van der Waals surface area (Å²) in [7, 11) is 2.11. The fourth-order valence-electron chi connectivity index (χ4n) is 4.36. The van der Waals surface area contributed by atoms with Crippen molar-refractivity contribution in [3.8, 4) is 0 Å². The van der Waals surface area contributed by atoms with Gasteiger partial charge in [-0.25, -0.2) is 0 Å². The van der Waals surface area contributed by atoms with Gasteiger partial charge in [-0.15, -0.1) is 0 Å². The number of hydrogen-bond donors (Lipinski definition) is 1.